The van der Waals surface area contributed by atoms with Gasteiger partial charge in [0.1, 0.15) is 11.5 Å². The summed E-state index contributed by atoms with van der Waals surface area (Å²) in [6, 6.07) is 1.52. The van der Waals surface area contributed by atoms with Crippen LogP contribution in [0, 0.1) is 13.8 Å². The Kier molecular flexibility index (Phi) is 3.56. The lowest BCUT2D eigenvalue weighted by Crippen LogP contribution is -2.42. The van der Waals surface area contributed by atoms with Crippen molar-refractivity contribution in [2.24, 2.45) is 0 Å². The maximum Gasteiger partial charge on any atom is 0.289 e. The fourth-order valence-corrected chi connectivity index (χ4v) is 1.38. The van der Waals surface area contributed by atoms with Crippen LogP contribution in [0.15, 0.2) is 29.1 Å². The first-order valence-corrected chi connectivity index (χ1v) is 5.51. The monoisotopic (exact) mass is 260 g/mol. The molecule has 2 heterocycles. The molecule has 0 radical (unpaired) electrons. The van der Waals surface area contributed by atoms with E-state index < -0.39 is 11.8 Å². The molecule has 2 aromatic rings. The van der Waals surface area contributed by atoms with Crippen LogP contribution in [0.2, 0.25) is 0 Å². The zero-order valence-corrected chi connectivity index (χ0v) is 10.4. The number of hydrogen-bond acceptors (Lipinski definition) is 5. The first-order valence-electron chi connectivity index (χ1n) is 5.51. The standard InChI is InChI=1S/C12H12N4O3/c1-7-5-14-10(6-13-7)12(18)16-15-11(17)9-3-4-19-8(9)2/h3-6H,1-2H3,(H,15,17)(H,16,18). The summed E-state index contributed by atoms with van der Waals surface area (Å²) in [5.41, 5.74) is 5.70. The minimum Gasteiger partial charge on any atom is -0.469 e. The number of carbonyl (C=O) groups is 2. The number of rotatable bonds is 2. The molecular weight excluding hydrogens is 248 g/mol. The van der Waals surface area contributed by atoms with E-state index in [0.717, 1.165) is 0 Å². The van der Waals surface area contributed by atoms with Gasteiger partial charge < -0.3 is 4.42 Å². The van der Waals surface area contributed by atoms with Gasteiger partial charge in [-0.3, -0.25) is 25.4 Å². The second-order valence-corrected chi connectivity index (χ2v) is 3.84. The van der Waals surface area contributed by atoms with Gasteiger partial charge in [-0.1, -0.05) is 0 Å². The SMILES string of the molecule is Cc1cnc(C(=O)NNC(=O)c2ccoc2C)cn1. The first-order chi connectivity index (χ1) is 9.08. The number of aromatic nitrogens is 2. The zero-order chi connectivity index (χ0) is 13.8. The molecule has 2 amide bonds. The smallest absolute Gasteiger partial charge is 0.289 e. The molecule has 2 rings (SSSR count). The average Bonchev–Trinajstić information content (AvgIpc) is 2.83. The number of hydrazine groups is 1. The topological polar surface area (TPSA) is 97.1 Å². The summed E-state index contributed by atoms with van der Waals surface area (Å²) in [7, 11) is 0. The molecule has 0 unspecified atom stereocenters. The van der Waals surface area contributed by atoms with E-state index in [2.05, 4.69) is 20.8 Å². The fraction of sp³-hybridized carbons (Fsp3) is 0.167. The maximum atomic E-state index is 11.7. The molecule has 2 aromatic heterocycles. The van der Waals surface area contributed by atoms with Gasteiger partial charge in [0.2, 0.25) is 0 Å². The number of hydrogen-bond donors (Lipinski definition) is 2. The molecule has 0 aliphatic heterocycles. The Bertz CT molecular complexity index is 604. The Labute approximate surface area is 109 Å². The van der Waals surface area contributed by atoms with E-state index in [0.29, 0.717) is 17.0 Å². The third-order valence-corrected chi connectivity index (χ3v) is 2.41. The van der Waals surface area contributed by atoms with E-state index in [9.17, 15) is 9.59 Å². The van der Waals surface area contributed by atoms with Crippen molar-refractivity contribution in [3.05, 3.63) is 47.4 Å². The van der Waals surface area contributed by atoms with Crippen LogP contribution in [0.5, 0.6) is 0 Å². The van der Waals surface area contributed by atoms with Crippen LogP contribution in [0.4, 0.5) is 0 Å². The van der Waals surface area contributed by atoms with Crippen LogP contribution in [-0.2, 0) is 0 Å². The Morgan fingerprint density at radius 1 is 1.11 bits per heavy atom. The molecule has 0 aromatic carbocycles. The molecule has 0 aliphatic carbocycles. The highest BCUT2D eigenvalue weighted by Crippen LogP contribution is 2.07. The van der Waals surface area contributed by atoms with E-state index in [1.807, 2.05) is 0 Å². The highest BCUT2D eigenvalue weighted by molar-refractivity contribution is 5.98. The molecule has 0 aliphatic rings. The molecule has 0 spiro atoms. The lowest BCUT2D eigenvalue weighted by atomic mass is 10.2. The van der Waals surface area contributed by atoms with Gasteiger partial charge in [-0.25, -0.2) is 4.98 Å². The van der Waals surface area contributed by atoms with Gasteiger partial charge in [0.15, 0.2) is 0 Å². The molecule has 0 saturated heterocycles. The van der Waals surface area contributed by atoms with Gasteiger partial charge in [0, 0.05) is 6.20 Å². The van der Waals surface area contributed by atoms with Crippen molar-refractivity contribution < 1.29 is 14.0 Å². The van der Waals surface area contributed by atoms with E-state index in [4.69, 9.17) is 4.42 Å². The molecule has 2 N–H and O–H groups in total. The van der Waals surface area contributed by atoms with Crippen molar-refractivity contribution in [2.45, 2.75) is 13.8 Å². The highest BCUT2D eigenvalue weighted by Gasteiger charge is 2.13. The number of furan rings is 1. The Morgan fingerprint density at radius 3 is 2.42 bits per heavy atom. The molecular formula is C12H12N4O3. The van der Waals surface area contributed by atoms with E-state index in [1.54, 1.807) is 13.8 Å². The van der Waals surface area contributed by atoms with Crippen LogP contribution in [0.3, 0.4) is 0 Å². The Balaban J connectivity index is 1.96. The second kappa shape index (κ2) is 5.30. The van der Waals surface area contributed by atoms with Crippen molar-refractivity contribution in [2.75, 3.05) is 0 Å². The Hall–Kier alpha value is -2.70. The minimum absolute atomic E-state index is 0.120. The number of carbonyl (C=O) groups excluding carboxylic acids is 2. The van der Waals surface area contributed by atoms with Gasteiger partial charge in [-0.2, -0.15) is 0 Å². The van der Waals surface area contributed by atoms with Gasteiger partial charge in [0.05, 0.1) is 23.7 Å². The summed E-state index contributed by atoms with van der Waals surface area (Å²) in [6.07, 6.45) is 4.20. The summed E-state index contributed by atoms with van der Waals surface area (Å²) in [5.74, 6) is -0.524. The number of amides is 2. The minimum atomic E-state index is -0.540. The predicted molar refractivity (Wildman–Crippen MR) is 65.1 cm³/mol. The van der Waals surface area contributed by atoms with Gasteiger partial charge in [-0.15, -0.1) is 0 Å². The number of nitrogens with zero attached hydrogens (tertiary/aromatic N) is 2. The molecule has 0 fully saturated rings. The summed E-state index contributed by atoms with van der Waals surface area (Å²) in [5, 5.41) is 0. The fourth-order valence-electron chi connectivity index (χ4n) is 1.38. The quantitative estimate of drug-likeness (QED) is 0.777. The van der Waals surface area contributed by atoms with Crippen LogP contribution >= 0.6 is 0 Å². The van der Waals surface area contributed by atoms with Crippen LogP contribution in [0.1, 0.15) is 32.3 Å². The number of aryl methyl sites for hydroxylation is 2. The van der Waals surface area contributed by atoms with Gasteiger partial charge in [0.25, 0.3) is 11.8 Å². The van der Waals surface area contributed by atoms with Crippen molar-refractivity contribution in [3.8, 4) is 0 Å². The molecule has 0 bridgehead atoms. The van der Waals surface area contributed by atoms with Gasteiger partial charge >= 0.3 is 0 Å². The maximum absolute atomic E-state index is 11.7. The second-order valence-electron chi connectivity index (χ2n) is 3.84. The van der Waals surface area contributed by atoms with Crippen molar-refractivity contribution in [3.63, 3.8) is 0 Å². The molecule has 7 nitrogen and oxygen atoms in total. The van der Waals surface area contributed by atoms with Crippen molar-refractivity contribution in [1.29, 1.82) is 0 Å². The average molecular weight is 260 g/mol. The molecule has 0 atom stereocenters. The zero-order valence-electron chi connectivity index (χ0n) is 10.4. The van der Waals surface area contributed by atoms with Crippen LogP contribution in [0.25, 0.3) is 0 Å². The van der Waals surface area contributed by atoms with Crippen LogP contribution in [-0.4, -0.2) is 21.8 Å². The normalized spacial score (nSPS) is 10.0. The number of nitrogens with one attached hydrogen (secondary N) is 2. The molecule has 19 heavy (non-hydrogen) atoms. The Morgan fingerprint density at radius 2 is 1.84 bits per heavy atom. The summed E-state index contributed by atoms with van der Waals surface area (Å²) in [6.45, 7) is 3.42. The first kappa shape index (κ1) is 12.7. The molecule has 7 heteroatoms. The lowest BCUT2D eigenvalue weighted by Gasteiger charge is -2.06. The summed E-state index contributed by atoms with van der Waals surface area (Å²) < 4.78 is 4.99. The largest absolute Gasteiger partial charge is 0.469 e. The van der Waals surface area contributed by atoms with Crippen molar-refractivity contribution >= 4 is 11.8 Å². The third kappa shape index (κ3) is 2.95. The summed E-state index contributed by atoms with van der Waals surface area (Å²) in [4.78, 5) is 31.2. The van der Waals surface area contributed by atoms with Crippen molar-refractivity contribution in [1.82, 2.24) is 20.8 Å². The van der Waals surface area contributed by atoms with E-state index in [-0.39, 0.29) is 5.69 Å². The predicted octanol–water partition coefficient (Wildman–Crippen LogP) is 0.761. The van der Waals surface area contributed by atoms with Crippen LogP contribution < -0.4 is 10.9 Å². The molecule has 98 valence electrons. The van der Waals surface area contributed by atoms with Gasteiger partial charge in [-0.05, 0) is 19.9 Å². The highest BCUT2D eigenvalue weighted by atomic mass is 16.3. The lowest BCUT2D eigenvalue weighted by molar-refractivity contribution is 0.0842. The molecule has 0 saturated carbocycles. The van der Waals surface area contributed by atoms with E-state index in [1.165, 1.54) is 24.7 Å². The third-order valence-electron chi connectivity index (χ3n) is 2.41. The van der Waals surface area contributed by atoms with E-state index >= 15 is 0 Å². The summed E-state index contributed by atoms with van der Waals surface area (Å²) >= 11 is 0.